The molecule has 0 aliphatic heterocycles. The van der Waals surface area contributed by atoms with E-state index in [9.17, 15) is 14.9 Å². The van der Waals surface area contributed by atoms with E-state index >= 15 is 0 Å². The fourth-order valence-corrected chi connectivity index (χ4v) is 3.53. The van der Waals surface area contributed by atoms with Crippen molar-refractivity contribution in [2.24, 2.45) is 5.92 Å². The van der Waals surface area contributed by atoms with E-state index in [1.54, 1.807) is 30.3 Å². The number of rotatable bonds is 7. The normalized spacial score (nSPS) is 18.7. The number of hydrogen-bond donors (Lipinski definition) is 3. The fourth-order valence-electron chi connectivity index (χ4n) is 3.34. The van der Waals surface area contributed by atoms with E-state index in [2.05, 4.69) is 27.9 Å². The largest absolute Gasteiger partial charge is 0.367 e. The van der Waals surface area contributed by atoms with Crippen LogP contribution in [0.1, 0.15) is 32.6 Å². The summed E-state index contributed by atoms with van der Waals surface area (Å²) < 4.78 is 0. The predicted octanol–water partition coefficient (Wildman–Crippen LogP) is 4.68. The summed E-state index contributed by atoms with van der Waals surface area (Å²) in [5, 5.41) is 20.5. The molecule has 1 aliphatic carbocycles. The molecule has 0 radical (unpaired) electrons. The number of para-hydroxylation sites is 1. The Balaban J connectivity index is 1.65. The van der Waals surface area contributed by atoms with E-state index in [0.29, 0.717) is 22.6 Å². The van der Waals surface area contributed by atoms with E-state index < -0.39 is 4.92 Å². The number of aromatic nitrogens is 1. The number of halogens is 1. The van der Waals surface area contributed by atoms with Gasteiger partial charge in [-0.25, -0.2) is 4.98 Å². The third-order valence-electron chi connectivity index (χ3n) is 5.00. The minimum absolute atomic E-state index is 0.0542. The Morgan fingerprint density at radius 3 is 2.62 bits per heavy atom. The van der Waals surface area contributed by atoms with E-state index in [-0.39, 0.29) is 24.0 Å². The molecule has 1 aliphatic rings. The molecule has 0 spiro atoms. The van der Waals surface area contributed by atoms with Crippen molar-refractivity contribution in [2.45, 2.75) is 38.6 Å². The van der Waals surface area contributed by atoms with Gasteiger partial charge in [0.25, 0.3) is 0 Å². The van der Waals surface area contributed by atoms with Gasteiger partial charge in [-0.15, -0.1) is 0 Å². The first-order chi connectivity index (χ1) is 13.9. The summed E-state index contributed by atoms with van der Waals surface area (Å²) in [6.45, 7) is 2.07. The van der Waals surface area contributed by atoms with Crippen LogP contribution in [0.2, 0.25) is 5.02 Å². The van der Waals surface area contributed by atoms with Crippen molar-refractivity contribution in [3.63, 3.8) is 0 Å². The van der Waals surface area contributed by atoms with Crippen LogP contribution < -0.4 is 16.0 Å². The molecule has 1 amide bonds. The number of nitrogens with one attached hydrogen (secondary N) is 3. The number of nitrogens with zero attached hydrogens (tertiary/aromatic N) is 2. The fraction of sp³-hybridized carbons (Fsp3) is 0.400. The summed E-state index contributed by atoms with van der Waals surface area (Å²) in [6.07, 6.45) is 4.39. The quantitative estimate of drug-likeness (QED) is 0.445. The first-order valence-electron chi connectivity index (χ1n) is 9.62. The van der Waals surface area contributed by atoms with Crippen molar-refractivity contribution < 1.29 is 9.72 Å². The standard InChI is InChI=1S/C20H24ClN5O3/c1-13-6-8-14(9-7-13)23-18-11-10-17(26(28)29)20(25-18)22-12-19(27)24-16-5-3-2-4-15(16)21/h2-5,10-11,13-14H,6-9,12H2,1H3,(H,24,27)(H2,22,23,25). The third kappa shape index (κ3) is 5.80. The summed E-state index contributed by atoms with van der Waals surface area (Å²) in [5.41, 5.74) is 0.295. The average molecular weight is 418 g/mol. The van der Waals surface area contributed by atoms with Gasteiger partial charge >= 0.3 is 5.69 Å². The monoisotopic (exact) mass is 417 g/mol. The van der Waals surface area contributed by atoms with Crippen LogP contribution in [0, 0.1) is 16.0 Å². The van der Waals surface area contributed by atoms with Gasteiger partial charge in [-0.1, -0.05) is 30.7 Å². The highest BCUT2D eigenvalue weighted by atomic mass is 35.5. The summed E-state index contributed by atoms with van der Waals surface area (Å²) in [6, 6.07) is 10.2. The molecule has 0 saturated heterocycles. The molecule has 0 unspecified atom stereocenters. The number of carbonyl (C=O) groups excluding carboxylic acids is 1. The molecule has 9 heteroatoms. The van der Waals surface area contributed by atoms with Crippen molar-refractivity contribution in [1.82, 2.24) is 4.98 Å². The molecule has 1 fully saturated rings. The highest BCUT2D eigenvalue weighted by Crippen LogP contribution is 2.28. The molecule has 1 aromatic carbocycles. The van der Waals surface area contributed by atoms with Gasteiger partial charge in [0, 0.05) is 12.1 Å². The highest BCUT2D eigenvalue weighted by molar-refractivity contribution is 6.33. The molecule has 3 N–H and O–H groups in total. The van der Waals surface area contributed by atoms with Crippen molar-refractivity contribution >= 4 is 40.5 Å². The second-order valence-corrected chi connectivity index (χ2v) is 7.71. The molecule has 8 nitrogen and oxygen atoms in total. The van der Waals surface area contributed by atoms with Gasteiger partial charge < -0.3 is 16.0 Å². The second kappa shape index (κ2) is 9.56. The zero-order valence-electron chi connectivity index (χ0n) is 16.2. The van der Waals surface area contributed by atoms with Crippen molar-refractivity contribution in [3.8, 4) is 0 Å². The summed E-state index contributed by atoms with van der Waals surface area (Å²) >= 11 is 6.03. The van der Waals surface area contributed by atoms with Crippen LogP contribution in [0.15, 0.2) is 36.4 Å². The molecule has 1 heterocycles. The molecule has 1 aromatic heterocycles. The number of pyridine rings is 1. The summed E-state index contributed by atoms with van der Waals surface area (Å²) in [7, 11) is 0. The molecular formula is C20H24ClN5O3. The van der Waals surface area contributed by atoms with Gasteiger partial charge in [0.1, 0.15) is 5.82 Å². The number of amides is 1. The van der Waals surface area contributed by atoms with Crippen LogP contribution in [0.3, 0.4) is 0 Å². The predicted molar refractivity (Wildman–Crippen MR) is 115 cm³/mol. The second-order valence-electron chi connectivity index (χ2n) is 7.30. The van der Waals surface area contributed by atoms with Gasteiger partial charge in [0.05, 0.1) is 22.2 Å². The lowest BCUT2D eigenvalue weighted by molar-refractivity contribution is -0.384. The lowest BCUT2D eigenvalue weighted by Crippen LogP contribution is -2.26. The maximum Gasteiger partial charge on any atom is 0.311 e. The van der Waals surface area contributed by atoms with Gasteiger partial charge in [-0.05, 0) is 49.8 Å². The Kier molecular flexibility index (Phi) is 6.87. The SMILES string of the molecule is CC1CCC(Nc2ccc([N+](=O)[O-])c(NCC(=O)Nc3ccccc3Cl)n2)CC1. The molecular weight excluding hydrogens is 394 g/mol. The number of nitro groups is 1. The Hall–Kier alpha value is -2.87. The molecule has 0 atom stereocenters. The van der Waals surface area contributed by atoms with E-state index in [1.807, 2.05) is 0 Å². The smallest absolute Gasteiger partial charge is 0.311 e. The highest BCUT2D eigenvalue weighted by Gasteiger charge is 2.21. The van der Waals surface area contributed by atoms with Gasteiger partial charge in [-0.3, -0.25) is 14.9 Å². The van der Waals surface area contributed by atoms with Crippen molar-refractivity contribution in [3.05, 3.63) is 51.5 Å². The van der Waals surface area contributed by atoms with E-state index in [1.165, 1.54) is 6.07 Å². The van der Waals surface area contributed by atoms with Gasteiger partial charge in [0.15, 0.2) is 0 Å². The molecule has 29 heavy (non-hydrogen) atoms. The van der Waals surface area contributed by atoms with Crippen LogP contribution >= 0.6 is 11.6 Å². The first-order valence-corrected chi connectivity index (χ1v) is 10.0. The molecule has 3 rings (SSSR count). The van der Waals surface area contributed by atoms with Crippen molar-refractivity contribution in [2.75, 3.05) is 22.5 Å². The number of hydrogen-bond acceptors (Lipinski definition) is 6. The topological polar surface area (TPSA) is 109 Å². The van der Waals surface area contributed by atoms with Gasteiger partial charge in [0.2, 0.25) is 11.7 Å². The third-order valence-corrected chi connectivity index (χ3v) is 5.33. The minimum Gasteiger partial charge on any atom is -0.367 e. The maximum atomic E-state index is 12.2. The van der Waals surface area contributed by atoms with E-state index in [0.717, 1.165) is 31.6 Å². The van der Waals surface area contributed by atoms with Crippen LogP contribution in [-0.2, 0) is 4.79 Å². The van der Waals surface area contributed by atoms with Crippen LogP contribution in [-0.4, -0.2) is 28.4 Å². The number of carbonyl (C=O) groups is 1. The maximum absolute atomic E-state index is 12.2. The Morgan fingerprint density at radius 2 is 1.93 bits per heavy atom. The summed E-state index contributed by atoms with van der Waals surface area (Å²) in [4.78, 5) is 27.3. The van der Waals surface area contributed by atoms with E-state index in [4.69, 9.17) is 11.6 Å². The average Bonchev–Trinajstić information content (AvgIpc) is 2.70. The van der Waals surface area contributed by atoms with Crippen LogP contribution in [0.25, 0.3) is 0 Å². The van der Waals surface area contributed by atoms with Crippen LogP contribution in [0.5, 0.6) is 0 Å². The molecule has 154 valence electrons. The lowest BCUT2D eigenvalue weighted by Gasteiger charge is -2.27. The Labute approximate surface area is 174 Å². The Morgan fingerprint density at radius 1 is 1.21 bits per heavy atom. The first kappa shape index (κ1) is 20.9. The minimum atomic E-state index is -0.520. The molecule has 1 saturated carbocycles. The van der Waals surface area contributed by atoms with Crippen molar-refractivity contribution in [1.29, 1.82) is 0 Å². The summed E-state index contributed by atoms with van der Waals surface area (Å²) in [5.74, 6) is 0.961. The zero-order valence-corrected chi connectivity index (χ0v) is 16.9. The lowest BCUT2D eigenvalue weighted by atomic mass is 9.87. The number of anilines is 3. The molecule has 0 bridgehead atoms. The molecule has 2 aromatic rings. The van der Waals surface area contributed by atoms with Crippen LogP contribution in [0.4, 0.5) is 23.0 Å². The Bertz CT molecular complexity index is 884. The van der Waals surface area contributed by atoms with Gasteiger partial charge in [-0.2, -0.15) is 0 Å². The number of benzene rings is 1. The zero-order chi connectivity index (χ0) is 20.8.